The van der Waals surface area contributed by atoms with Crippen LogP contribution in [0.15, 0.2) is 47.2 Å². The van der Waals surface area contributed by atoms with E-state index in [1.165, 1.54) is 5.56 Å². The van der Waals surface area contributed by atoms with Gasteiger partial charge in [0.15, 0.2) is 0 Å². The van der Waals surface area contributed by atoms with Crippen molar-refractivity contribution in [2.75, 3.05) is 0 Å². The van der Waals surface area contributed by atoms with Gasteiger partial charge in [0.05, 0.1) is 0 Å². The predicted molar refractivity (Wildman–Crippen MR) is 88.8 cm³/mol. The van der Waals surface area contributed by atoms with Crippen molar-refractivity contribution in [3.8, 4) is 0 Å². The summed E-state index contributed by atoms with van der Waals surface area (Å²) in [7, 11) is 0. The fraction of sp³-hybridized carbons (Fsp3) is 0.278. The van der Waals surface area contributed by atoms with E-state index in [-0.39, 0.29) is 6.42 Å². The van der Waals surface area contributed by atoms with E-state index in [0.29, 0.717) is 12.3 Å². The fourth-order valence-corrected chi connectivity index (χ4v) is 2.86. The van der Waals surface area contributed by atoms with Crippen LogP contribution in [-0.2, 0) is 4.79 Å². The summed E-state index contributed by atoms with van der Waals surface area (Å²) in [4.78, 5) is 10.7. The molecule has 0 spiro atoms. The van der Waals surface area contributed by atoms with E-state index < -0.39 is 5.97 Å². The van der Waals surface area contributed by atoms with Crippen molar-refractivity contribution < 1.29 is 9.90 Å². The van der Waals surface area contributed by atoms with Gasteiger partial charge in [0.1, 0.15) is 0 Å². The van der Waals surface area contributed by atoms with E-state index >= 15 is 0 Å². The molecule has 0 aliphatic rings. The van der Waals surface area contributed by atoms with E-state index in [1.807, 2.05) is 11.5 Å². The highest BCUT2D eigenvalue weighted by Crippen LogP contribution is 2.27. The first-order valence-electron chi connectivity index (χ1n) is 7.13. The molecule has 1 N–H and O–H groups in total. The summed E-state index contributed by atoms with van der Waals surface area (Å²) in [6.45, 7) is 4.36. The Balaban J connectivity index is 2.29. The Morgan fingerprint density at radius 3 is 2.43 bits per heavy atom. The average molecular weight is 300 g/mol. The molecule has 0 saturated carbocycles. The molecule has 0 aliphatic carbocycles. The molecule has 0 radical (unpaired) electrons. The number of hydrogen-bond donors (Lipinski definition) is 1. The normalized spacial score (nSPS) is 11.9. The van der Waals surface area contributed by atoms with Crippen molar-refractivity contribution in [3.63, 3.8) is 0 Å². The van der Waals surface area contributed by atoms with Gasteiger partial charge in [-0.2, -0.15) is 11.3 Å². The first-order valence-corrected chi connectivity index (χ1v) is 8.07. The average Bonchev–Trinajstić information content (AvgIpc) is 2.97. The van der Waals surface area contributed by atoms with Gasteiger partial charge in [-0.1, -0.05) is 44.2 Å². The highest BCUT2D eigenvalue weighted by molar-refractivity contribution is 7.08. The number of allylic oxidation sites excluding steroid dienone is 1. The molecule has 2 aromatic rings. The van der Waals surface area contributed by atoms with Crippen LogP contribution in [-0.4, -0.2) is 11.1 Å². The van der Waals surface area contributed by atoms with Crippen molar-refractivity contribution >= 4 is 22.9 Å². The van der Waals surface area contributed by atoms with Crippen molar-refractivity contribution in [2.24, 2.45) is 0 Å². The summed E-state index contributed by atoms with van der Waals surface area (Å²) in [6, 6.07) is 10.6. The minimum Gasteiger partial charge on any atom is -0.481 e. The number of benzene rings is 1. The minimum absolute atomic E-state index is 0.164. The lowest BCUT2D eigenvalue weighted by molar-refractivity contribution is -0.136. The Bertz CT molecular complexity index is 607. The molecule has 1 aromatic heterocycles. The topological polar surface area (TPSA) is 37.3 Å². The van der Waals surface area contributed by atoms with Crippen LogP contribution in [0.1, 0.15) is 49.3 Å². The Labute approximate surface area is 129 Å². The van der Waals surface area contributed by atoms with Crippen LogP contribution in [0.4, 0.5) is 0 Å². The van der Waals surface area contributed by atoms with Gasteiger partial charge in [-0.05, 0) is 51.4 Å². The summed E-state index contributed by atoms with van der Waals surface area (Å²) < 4.78 is 0. The van der Waals surface area contributed by atoms with E-state index in [4.69, 9.17) is 5.11 Å². The standard InChI is InChI=1S/C18H20O2S/c1-13(2)14-6-8-15(9-7-14)17(4-3-5-18(19)20)16-10-11-21-12-16/h4,6-13H,3,5H2,1-2H3,(H,19,20)/b17-4+. The lowest BCUT2D eigenvalue weighted by Crippen LogP contribution is -1.94. The maximum Gasteiger partial charge on any atom is 0.303 e. The van der Waals surface area contributed by atoms with Crippen LogP contribution in [0.25, 0.3) is 5.57 Å². The molecule has 2 nitrogen and oxygen atoms in total. The fourth-order valence-electron chi connectivity index (χ4n) is 2.21. The first kappa shape index (κ1) is 15.5. The molecule has 0 amide bonds. The minimum atomic E-state index is -0.758. The number of rotatable bonds is 6. The van der Waals surface area contributed by atoms with Crippen LogP contribution in [0.3, 0.4) is 0 Å². The van der Waals surface area contributed by atoms with Crippen LogP contribution >= 0.6 is 11.3 Å². The molecular formula is C18H20O2S. The number of thiophene rings is 1. The van der Waals surface area contributed by atoms with Gasteiger partial charge in [-0.25, -0.2) is 0 Å². The monoisotopic (exact) mass is 300 g/mol. The zero-order chi connectivity index (χ0) is 15.2. The Morgan fingerprint density at radius 2 is 1.90 bits per heavy atom. The lowest BCUT2D eigenvalue weighted by Gasteiger charge is -2.10. The number of carboxylic acids is 1. The van der Waals surface area contributed by atoms with Gasteiger partial charge in [-0.15, -0.1) is 0 Å². The third-order valence-corrected chi connectivity index (χ3v) is 4.11. The summed E-state index contributed by atoms with van der Waals surface area (Å²) in [6.07, 6.45) is 2.74. The molecule has 0 fully saturated rings. The number of aliphatic carboxylic acids is 1. The molecule has 0 bridgehead atoms. The van der Waals surface area contributed by atoms with E-state index in [9.17, 15) is 4.79 Å². The summed E-state index contributed by atoms with van der Waals surface area (Å²) in [5.41, 5.74) is 4.73. The van der Waals surface area contributed by atoms with Crippen LogP contribution in [0.2, 0.25) is 0 Å². The second-order valence-electron chi connectivity index (χ2n) is 5.34. The highest BCUT2D eigenvalue weighted by Gasteiger charge is 2.07. The molecule has 0 atom stereocenters. The van der Waals surface area contributed by atoms with Gasteiger partial charge in [0.2, 0.25) is 0 Å². The molecule has 2 rings (SSSR count). The second kappa shape index (κ2) is 7.23. The molecule has 3 heteroatoms. The Kier molecular flexibility index (Phi) is 5.34. The molecule has 21 heavy (non-hydrogen) atoms. The van der Waals surface area contributed by atoms with Crippen molar-refractivity contribution in [3.05, 3.63) is 63.9 Å². The SMILES string of the molecule is CC(C)c1ccc(/C(=C\CCC(=O)O)c2ccsc2)cc1. The Hall–Kier alpha value is -1.87. The molecule has 1 heterocycles. The van der Waals surface area contributed by atoms with Gasteiger partial charge >= 0.3 is 5.97 Å². The van der Waals surface area contributed by atoms with Gasteiger partial charge in [0.25, 0.3) is 0 Å². The first-order chi connectivity index (χ1) is 10.1. The molecule has 0 aliphatic heterocycles. The molecule has 0 saturated heterocycles. The number of hydrogen-bond acceptors (Lipinski definition) is 2. The van der Waals surface area contributed by atoms with Gasteiger partial charge in [0, 0.05) is 6.42 Å². The largest absolute Gasteiger partial charge is 0.481 e. The summed E-state index contributed by atoms with van der Waals surface area (Å²) in [5.74, 6) is -0.245. The summed E-state index contributed by atoms with van der Waals surface area (Å²) >= 11 is 1.65. The maximum absolute atomic E-state index is 10.7. The van der Waals surface area contributed by atoms with Crippen molar-refractivity contribution in [1.82, 2.24) is 0 Å². The van der Waals surface area contributed by atoms with Crippen LogP contribution < -0.4 is 0 Å². The van der Waals surface area contributed by atoms with E-state index in [2.05, 4.69) is 49.6 Å². The van der Waals surface area contributed by atoms with Gasteiger partial charge < -0.3 is 5.11 Å². The smallest absolute Gasteiger partial charge is 0.303 e. The summed E-state index contributed by atoms with van der Waals surface area (Å²) in [5, 5.41) is 12.9. The third-order valence-electron chi connectivity index (χ3n) is 3.43. The van der Waals surface area contributed by atoms with E-state index in [0.717, 1.165) is 16.7 Å². The van der Waals surface area contributed by atoms with Crippen LogP contribution in [0, 0.1) is 0 Å². The lowest BCUT2D eigenvalue weighted by atomic mass is 9.95. The molecule has 110 valence electrons. The van der Waals surface area contributed by atoms with Crippen molar-refractivity contribution in [2.45, 2.75) is 32.6 Å². The second-order valence-corrected chi connectivity index (χ2v) is 6.12. The number of carboxylic acid groups (broad SMARTS) is 1. The Morgan fingerprint density at radius 1 is 1.19 bits per heavy atom. The van der Waals surface area contributed by atoms with Crippen LogP contribution in [0.5, 0.6) is 0 Å². The maximum atomic E-state index is 10.7. The van der Waals surface area contributed by atoms with Gasteiger partial charge in [-0.3, -0.25) is 4.79 Å². The zero-order valence-electron chi connectivity index (χ0n) is 12.4. The molecule has 0 unspecified atom stereocenters. The molecular weight excluding hydrogens is 280 g/mol. The number of carbonyl (C=O) groups is 1. The van der Waals surface area contributed by atoms with Crippen molar-refractivity contribution in [1.29, 1.82) is 0 Å². The van der Waals surface area contributed by atoms with E-state index in [1.54, 1.807) is 11.3 Å². The predicted octanol–water partition coefficient (Wildman–Crippen LogP) is 5.17. The zero-order valence-corrected chi connectivity index (χ0v) is 13.2. The molecule has 1 aromatic carbocycles. The highest BCUT2D eigenvalue weighted by atomic mass is 32.1. The quantitative estimate of drug-likeness (QED) is 0.799. The third kappa shape index (κ3) is 4.30.